The first kappa shape index (κ1) is 20.1. The van der Waals surface area contributed by atoms with Crippen molar-refractivity contribution in [1.29, 1.82) is 0 Å². The summed E-state index contributed by atoms with van der Waals surface area (Å²) in [6.45, 7) is -0.226. The maximum absolute atomic E-state index is 11.6. The Balaban J connectivity index is 1.83. The number of carbonyl (C=O) groups excluding carboxylic acids is 1. The van der Waals surface area contributed by atoms with Gasteiger partial charge in [-0.15, -0.1) is 0 Å². The monoisotopic (exact) mass is 382 g/mol. The first-order chi connectivity index (χ1) is 13.5. The topological polar surface area (TPSA) is 96.2 Å². The third-order valence-electron chi connectivity index (χ3n) is 4.60. The molecule has 2 aromatic carbocycles. The molecule has 28 heavy (non-hydrogen) atoms. The van der Waals surface area contributed by atoms with Gasteiger partial charge in [-0.25, -0.2) is 4.79 Å². The molecule has 2 aromatic rings. The third-order valence-corrected chi connectivity index (χ3v) is 4.60. The van der Waals surface area contributed by atoms with Crippen LogP contribution in [0.4, 0.5) is 0 Å². The molecule has 0 radical (unpaired) electrons. The molecular formula is C22H22O6. The van der Waals surface area contributed by atoms with Gasteiger partial charge < -0.3 is 24.8 Å². The molecular weight excluding hydrogens is 360 g/mol. The smallest absolute Gasteiger partial charge is 0.337 e. The maximum Gasteiger partial charge on any atom is 0.337 e. The van der Waals surface area contributed by atoms with Crippen molar-refractivity contribution in [1.82, 2.24) is 0 Å². The zero-order valence-electron chi connectivity index (χ0n) is 15.4. The largest absolute Gasteiger partial charge is 0.465 e. The highest BCUT2D eigenvalue weighted by Gasteiger charge is 2.37. The fourth-order valence-corrected chi connectivity index (χ4v) is 3.13. The first-order valence-electron chi connectivity index (χ1n) is 8.94. The van der Waals surface area contributed by atoms with Gasteiger partial charge in [0.15, 0.2) is 0 Å². The van der Waals surface area contributed by atoms with E-state index in [-0.39, 0.29) is 13.0 Å². The molecule has 0 amide bonds. The van der Waals surface area contributed by atoms with Gasteiger partial charge in [0.1, 0.15) is 12.2 Å². The molecule has 146 valence electrons. The molecule has 0 saturated carbocycles. The highest BCUT2D eigenvalue weighted by atomic mass is 16.5. The van der Waals surface area contributed by atoms with Gasteiger partial charge >= 0.3 is 5.97 Å². The SMILES string of the molecule is COC(=O)c1cccc(C#Cc2cccc([C@H]3O[C@H](CO)C[C@H](O)[C@@H]3O)c2)c1. The molecule has 0 spiro atoms. The Hall–Kier alpha value is -2.69. The molecule has 0 aliphatic carbocycles. The van der Waals surface area contributed by atoms with Crippen molar-refractivity contribution in [3.63, 3.8) is 0 Å². The fourth-order valence-electron chi connectivity index (χ4n) is 3.13. The Morgan fingerprint density at radius 3 is 2.50 bits per heavy atom. The molecule has 1 heterocycles. The van der Waals surface area contributed by atoms with Crippen molar-refractivity contribution >= 4 is 5.97 Å². The van der Waals surface area contributed by atoms with Gasteiger partial charge in [0.25, 0.3) is 0 Å². The van der Waals surface area contributed by atoms with Crippen LogP contribution < -0.4 is 0 Å². The molecule has 6 nitrogen and oxygen atoms in total. The molecule has 1 aliphatic rings. The summed E-state index contributed by atoms with van der Waals surface area (Å²) in [6, 6.07) is 14.0. The van der Waals surface area contributed by atoms with E-state index in [0.717, 1.165) is 0 Å². The number of methoxy groups -OCH3 is 1. The Bertz CT molecular complexity index is 897. The quantitative estimate of drug-likeness (QED) is 0.549. The summed E-state index contributed by atoms with van der Waals surface area (Å²) in [7, 11) is 1.33. The van der Waals surface area contributed by atoms with Crippen molar-refractivity contribution in [3.05, 3.63) is 70.8 Å². The molecule has 0 unspecified atom stereocenters. The minimum Gasteiger partial charge on any atom is -0.465 e. The van der Waals surface area contributed by atoms with Gasteiger partial charge in [-0.05, 0) is 35.9 Å². The molecule has 1 aliphatic heterocycles. The van der Waals surface area contributed by atoms with Crippen molar-refractivity contribution in [2.75, 3.05) is 13.7 Å². The number of benzene rings is 2. The summed E-state index contributed by atoms with van der Waals surface area (Å²) in [5.41, 5.74) is 2.45. The van der Waals surface area contributed by atoms with E-state index in [2.05, 4.69) is 11.8 Å². The van der Waals surface area contributed by atoms with Crippen LogP contribution >= 0.6 is 0 Å². The van der Waals surface area contributed by atoms with Gasteiger partial charge in [-0.1, -0.05) is 30.0 Å². The van der Waals surface area contributed by atoms with Crippen LogP contribution in [0.25, 0.3) is 0 Å². The van der Waals surface area contributed by atoms with Crippen LogP contribution in [0, 0.1) is 11.8 Å². The second-order valence-corrected chi connectivity index (χ2v) is 6.60. The standard InChI is InChI=1S/C22H22O6/c1-27-22(26)17-7-3-5-15(11-17)9-8-14-4-2-6-16(10-14)21-20(25)19(24)12-18(13-23)28-21/h2-7,10-11,18-21,23-25H,12-13H2,1H3/t18-,19-,20-,21+/m0/s1. The fraction of sp³-hybridized carbons (Fsp3) is 0.318. The average molecular weight is 382 g/mol. The second kappa shape index (κ2) is 9.00. The van der Waals surface area contributed by atoms with Crippen molar-refractivity contribution in [2.24, 2.45) is 0 Å². The Kier molecular flexibility index (Phi) is 6.45. The normalized spacial score (nSPS) is 24.1. The number of hydrogen-bond acceptors (Lipinski definition) is 6. The molecule has 6 heteroatoms. The van der Waals surface area contributed by atoms with Crippen LogP contribution in [0.2, 0.25) is 0 Å². The van der Waals surface area contributed by atoms with E-state index in [4.69, 9.17) is 9.47 Å². The predicted molar refractivity (Wildman–Crippen MR) is 102 cm³/mol. The zero-order valence-corrected chi connectivity index (χ0v) is 15.4. The first-order valence-corrected chi connectivity index (χ1v) is 8.94. The van der Waals surface area contributed by atoms with Crippen molar-refractivity contribution in [2.45, 2.75) is 30.8 Å². The Morgan fingerprint density at radius 1 is 1.14 bits per heavy atom. The summed E-state index contributed by atoms with van der Waals surface area (Å²) in [4.78, 5) is 11.6. The molecule has 3 N–H and O–H groups in total. The number of hydrogen-bond donors (Lipinski definition) is 3. The van der Waals surface area contributed by atoms with Gasteiger partial charge in [-0.3, -0.25) is 0 Å². The molecule has 0 bridgehead atoms. The van der Waals surface area contributed by atoms with Crippen LogP contribution in [0.15, 0.2) is 48.5 Å². The summed E-state index contributed by atoms with van der Waals surface area (Å²) in [5.74, 6) is 5.60. The lowest BCUT2D eigenvalue weighted by Gasteiger charge is -2.36. The lowest BCUT2D eigenvalue weighted by atomic mass is 9.92. The number of esters is 1. The minimum atomic E-state index is -1.08. The van der Waals surface area contributed by atoms with Gasteiger partial charge in [-0.2, -0.15) is 0 Å². The number of aliphatic hydroxyl groups is 3. The molecule has 4 atom stereocenters. The van der Waals surface area contributed by atoms with E-state index < -0.39 is 30.4 Å². The van der Waals surface area contributed by atoms with E-state index in [1.807, 2.05) is 6.07 Å². The molecule has 1 fully saturated rings. The highest BCUT2D eigenvalue weighted by molar-refractivity contribution is 5.89. The number of carbonyl (C=O) groups is 1. The molecule has 0 aromatic heterocycles. The summed E-state index contributed by atoms with van der Waals surface area (Å²) in [5, 5.41) is 29.6. The van der Waals surface area contributed by atoms with Crippen LogP contribution in [0.1, 0.15) is 39.6 Å². The average Bonchev–Trinajstić information content (AvgIpc) is 2.73. The lowest BCUT2D eigenvalue weighted by molar-refractivity contribution is -0.179. The van der Waals surface area contributed by atoms with Gasteiger partial charge in [0.05, 0.1) is 31.5 Å². The van der Waals surface area contributed by atoms with Crippen LogP contribution in [-0.4, -0.2) is 53.3 Å². The summed E-state index contributed by atoms with van der Waals surface area (Å²) < 4.78 is 10.4. The minimum absolute atomic E-state index is 0.185. The van der Waals surface area contributed by atoms with Crippen molar-refractivity contribution < 1.29 is 29.6 Å². The number of ether oxygens (including phenoxy) is 2. The van der Waals surface area contributed by atoms with E-state index in [0.29, 0.717) is 22.3 Å². The van der Waals surface area contributed by atoms with Crippen LogP contribution in [0.3, 0.4) is 0 Å². The van der Waals surface area contributed by atoms with E-state index in [1.54, 1.807) is 42.5 Å². The van der Waals surface area contributed by atoms with Gasteiger partial charge in [0, 0.05) is 17.5 Å². The summed E-state index contributed by atoms with van der Waals surface area (Å²) in [6.07, 6.45) is -3.14. The highest BCUT2D eigenvalue weighted by Crippen LogP contribution is 2.32. The zero-order chi connectivity index (χ0) is 20.1. The summed E-state index contributed by atoms with van der Waals surface area (Å²) >= 11 is 0. The second-order valence-electron chi connectivity index (χ2n) is 6.60. The van der Waals surface area contributed by atoms with E-state index in [9.17, 15) is 20.1 Å². The maximum atomic E-state index is 11.6. The van der Waals surface area contributed by atoms with E-state index in [1.165, 1.54) is 7.11 Å². The number of rotatable bonds is 3. The third kappa shape index (κ3) is 4.58. The molecule has 3 rings (SSSR count). The van der Waals surface area contributed by atoms with Crippen molar-refractivity contribution in [3.8, 4) is 11.8 Å². The number of aliphatic hydroxyl groups excluding tert-OH is 3. The Labute approximate surface area is 163 Å². The molecule has 1 saturated heterocycles. The Morgan fingerprint density at radius 2 is 1.82 bits per heavy atom. The van der Waals surface area contributed by atoms with Crippen LogP contribution in [0.5, 0.6) is 0 Å². The van der Waals surface area contributed by atoms with Crippen LogP contribution in [-0.2, 0) is 9.47 Å². The van der Waals surface area contributed by atoms with Gasteiger partial charge in [0.2, 0.25) is 0 Å². The predicted octanol–water partition coefficient (Wildman–Crippen LogP) is 1.42. The van der Waals surface area contributed by atoms with E-state index >= 15 is 0 Å². The lowest BCUT2D eigenvalue weighted by Crippen LogP contribution is -2.44.